The summed E-state index contributed by atoms with van der Waals surface area (Å²) in [6.45, 7) is 1.31. The molecule has 0 unspecified atom stereocenters. The van der Waals surface area contributed by atoms with E-state index < -0.39 is 16.7 Å². The third kappa shape index (κ3) is 4.17. The molecule has 3 rings (SSSR count). The molecule has 1 N–H and O–H groups in total. The minimum atomic E-state index is -0.569. The van der Waals surface area contributed by atoms with Crippen molar-refractivity contribution in [2.24, 2.45) is 0 Å². The van der Waals surface area contributed by atoms with Gasteiger partial charge < -0.3 is 10.1 Å². The first-order chi connectivity index (χ1) is 12.8. The summed E-state index contributed by atoms with van der Waals surface area (Å²) < 4.78 is 5.29. The second kappa shape index (κ2) is 7.63. The molecule has 2 amide bonds. The Balaban J connectivity index is 1.75. The van der Waals surface area contributed by atoms with Crippen molar-refractivity contribution in [3.63, 3.8) is 0 Å². The maximum atomic E-state index is 12.4. The van der Waals surface area contributed by atoms with Crippen LogP contribution in [0.2, 0.25) is 5.02 Å². The Labute approximate surface area is 159 Å². The van der Waals surface area contributed by atoms with Gasteiger partial charge in [-0.15, -0.1) is 0 Å². The van der Waals surface area contributed by atoms with E-state index in [4.69, 9.17) is 16.3 Å². The lowest BCUT2D eigenvalue weighted by molar-refractivity contribution is -0.384. The molecule has 27 heavy (non-hydrogen) atoms. The van der Waals surface area contributed by atoms with Crippen LogP contribution in [0.4, 0.5) is 11.4 Å². The number of fused-ring (bicyclic) bond motifs is 1. The number of ether oxygens (including phenoxy) is 1. The molecule has 1 atom stereocenters. The largest absolute Gasteiger partial charge is 0.482 e. The predicted octanol–water partition coefficient (Wildman–Crippen LogP) is 2.85. The van der Waals surface area contributed by atoms with Gasteiger partial charge >= 0.3 is 0 Å². The molecule has 2 aromatic carbocycles. The highest BCUT2D eigenvalue weighted by atomic mass is 35.5. The number of hydrogen-bond donors (Lipinski definition) is 1. The molecule has 8 nitrogen and oxygen atoms in total. The van der Waals surface area contributed by atoms with E-state index in [1.54, 1.807) is 31.2 Å². The smallest absolute Gasteiger partial charge is 0.271 e. The van der Waals surface area contributed by atoms with E-state index in [0.717, 1.165) is 5.56 Å². The van der Waals surface area contributed by atoms with E-state index in [1.807, 2.05) is 0 Å². The maximum Gasteiger partial charge on any atom is 0.271 e. The molecule has 0 aliphatic carbocycles. The van der Waals surface area contributed by atoms with Crippen molar-refractivity contribution >= 4 is 34.8 Å². The van der Waals surface area contributed by atoms with Gasteiger partial charge in [-0.2, -0.15) is 0 Å². The van der Waals surface area contributed by atoms with E-state index in [2.05, 4.69) is 5.32 Å². The van der Waals surface area contributed by atoms with Crippen molar-refractivity contribution in [1.29, 1.82) is 0 Å². The molecule has 1 heterocycles. The highest BCUT2D eigenvalue weighted by Crippen LogP contribution is 2.35. The number of nitrogens with zero attached hydrogens (tertiary/aromatic N) is 2. The fourth-order valence-corrected chi connectivity index (χ4v) is 2.87. The highest BCUT2D eigenvalue weighted by molar-refractivity contribution is 6.30. The summed E-state index contributed by atoms with van der Waals surface area (Å²) in [5.74, 6) is -0.527. The molecule has 0 saturated carbocycles. The molecule has 0 bridgehead atoms. The molecule has 0 radical (unpaired) electrons. The van der Waals surface area contributed by atoms with E-state index in [1.165, 1.54) is 23.1 Å². The standard InChI is InChI=1S/C18H16ClN3O5/c1-11(12-2-4-13(19)5-3-12)20-17(23)9-21-15-8-14(22(25)26)6-7-16(15)27-10-18(21)24/h2-8,11H,9-10H2,1H3,(H,20,23)/t11-/m0/s1. The lowest BCUT2D eigenvalue weighted by Gasteiger charge is -2.29. The van der Waals surface area contributed by atoms with Crippen LogP contribution in [0.1, 0.15) is 18.5 Å². The van der Waals surface area contributed by atoms with Gasteiger partial charge in [0.2, 0.25) is 5.91 Å². The molecule has 0 fully saturated rings. The number of halogens is 1. The van der Waals surface area contributed by atoms with E-state index in [-0.39, 0.29) is 30.6 Å². The van der Waals surface area contributed by atoms with Crippen molar-refractivity contribution in [1.82, 2.24) is 5.32 Å². The number of carbonyl (C=O) groups excluding carboxylic acids is 2. The normalized spacial score (nSPS) is 14.1. The fourth-order valence-electron chi connectivity index (χ4n) is 2.74. The first kappa shape index (κ1) is 18.7. The minimum Gasteiger partial charge on any atom is -0.482 e. The molecule has 0 saturated heterocycles. The quantitative estimate of drug-likeness (QED) is 0.625. The molecule has 9 heteroatoms. The zero-order valence-corrected chi connectivity index (χ0v) is 15.1. The second-order valence-corrected chi connectivity index (χ2v) is 6.45. The number of benzene rings is 2. The van der Waals surface area contributed by atoms with Crippen LogP contribution in [0.25, 0.3) is 0 Å². The monoisotopic (exact) mass is 389 g/mol. The van der Waals surface area contributed by atoms with Gasteiger partial charge in [0.15, 0.2) is 6.61 Å². The number of nitro benzene ring substituents is 1. The highest BCUT2D eigenvalue weighted by Gasteiger charge is 2.29. The number of nitro groups is 1. The van der Waals surface area contributed by atoms with Crippen molar-refractivity contribution in [3.05, 3.63) is 63.2 Å². The lowest BCUT2D eigenvalue weighted by Crippen LogP contribution is -2.45. The van der Waals surface area contributed by atoms with Crippen molar-refractivity contribution in [3.8, 4) is 5.75 Å². The van der Waals surface area contributed by atoms with Crippen LogP contribution >= 0.6 is 11.6 Å². The molecule has 2 aromatic rings. The number of anilines is 1. The number of amides is 2. The summed E-state index contributed by atoms with van der Waals surface area (Å²) in [5.41, 5.74) is 0.874. The van der Waals surface area contributed by atoms with Crippen LogP contribution < -0.4 is 15.0 Å². The molecular weight excluding hydrogens is 374 g/mol. The second-order valence-electron chi connectivity index (χ2n) is 6.02. The summed E-state index contributed by atoms with van der Waals surface area (Å²) in [6.07, 6.45) is 0. The Morgan fingerprint density at radius 1 is 1.33 bits per heavy atom. The Morgan fingerprint density at radius 2 is 2.04 bits per heavy atom. The molecule has 1 aliphatic heterocycles. The minimum absolute atomic E-state index is 0.188. The van der Waals surface area contributed by atoms with Gasteiger partial charge in [0.25, 0.3) is 11.6 Å². The number of non-ortho nitro benzene ring substituents is 1. The number of carbonyl (C=O) groups is 2. The van der Waals surface area contributed by atoms with Crippen LogP contribution in [-0.4, -0.2) is 29.9 Å². The topological polar surface area (TPSA) is 102 Å². The van der Waals surface area contributed by atoms with Crippen molar-refractivity contribution in [2.45, 2.75) is 13.0 Å². The van der Waals surface area contributed by atoms with Crippen LogP contribution in [-0.2, 0) is 9.59 Å². The zero-order valence-electron chi connectivity index (χ0n) is 14.3. The molecule has 0 spiro atoms. The molecule has 0 aromatic heterocycles. The molecular formula is C18H16ClN3O5. The third-order valence-corrected chi connectivity index (χ3v) is 4.40. The van der Waals surface area contributed by atoms with Gasteiger partial charge in [-0.05, 0) is 30.7 Å². The first-order valence-corrected chi connectivity index (χ1v) is 8.49. The van der Waals surface area contributed by atoms with Crippen LogP contribution in [0.3, 0.4) is 0 Å². The van der Waals surface area contributed by atoms with Crippen LogP contribution in [0.5, 0.6) is 5.75 Å². The number of hydrogen-bond acceptors (Lipinski definition) is 5. The van der Waals surface area contributed by atoms with Crippen LogP contribution in [0.15, 0.2) is 42.5 Å². The van der Waals surface area contributed by atoms with Gasteiger partial charge in [-0.25, -0.2) is 0 Å². The summed E-state index contributed by atoms with van der Waals surface area (Å²) in [5, 5.41) is 14.4. The Morgan fingerprint density at radius 3 is 2.70 bits per heavy atom. The average Bonchev–Trinajstić information content (AvgIpc) is 2.64. The molecule has 1 aliphatic rings. The Bertz CT molecular complexity index is 900. The van der Waals surface area contributed by atoms with Gasteiger partial charge in [-0.1, -0.05) is 23.7 Å². The van der Waals surface area contributed by atoms with E-state index in [9.17, 15) is 19.7 Å². The Hall–Kier alpha value is -3.13. The first-order valence-electron chi connectivity index (χ1n) is 8.11. The SMILES string of the molecule is C[C@H](NC(=O)CN1C(=O)COc2ccc([N+](=O)[O-])cc21)c1ccc(Cl)cc1. The predicted molar refractivity (Wildman–Crippen MR) is 99.0 cm³/mol. The van der Waals surface area contributed by atoms with E-state index >= 15 is 0 Å². The van der Waals surface area contributed by atoms with Crippen molar-refractivity contribution in [2.75, 3.05) is 18.1 Å². The van der Waals surface area contributed by atoms with Crippen molar-refractivity contribution < 1.29 is 19.2 Å². The summed E-state index contributed by atoms with van der Waals surface area (Å²) in [4.78, 5) is 36.3. The fraction of sp³-hybridized carbons (Fsp3) is 0.222. The maximum absolute atomic E-state index is 12.4. The number of nitrogens with one attached hydrogen (secondary N) is 1. The zero-order chi connectivity index (χ0) is 19.6. The third-order valence-electron chi connectivity index (χ3n) is 4.15. The number of rotatable bonds is 5. The van der Waals surface area contributed by atoms with Gasteiger partial charge in [0, 0.05) is 17.2 Å². The van der Waals surface area contributed by atoms with Crippen LogP contribution in [0, 0.1) is 10.1 Å². The van der Waals surface area contributed by atoms with Gasteiger partial charge in [0.1, 0.15) is 12.3 Å². The van der Waals surface area contributed by atoms with Gasteiger partial charge in [0.05, 0.1) is 16.7 Å². The molecule has 140 valence electrons. The van der Waals surface area contributed by atoms with E-state index in [0.29, 0.717) is 10.8 Å². The summed E-state index contributed by atoms with van der Waals surface area (Å²) >= 11 is 5.86. The lowest BCUT2D eigenvalue weighted by atomic mass is 10.1. The summed E-state index contributed by atoms with van der Waals surface area (Å²) in [6, 6.07) is 10.7. The van der Waals surface area contributed by atoms with Gasteiger partial charge in [-0.3, -0.25) is 24.6 Å². The summed E-state index contributed by atoms with van der Waals surface area (Å²) in [7, 11) is 0. The average molecular weight is 390 g/mol. The Kier molecular flexibility index (Phi) is 5.27.